The minimum absolute atomic E-state index is 0.166. The summed E-state index contributed by atoms with van der Waals surface area (Å²) in [6.07, 6.45) is 3.37. The molecule has 5 heteroatoms. The third kappa shape index (κ3) is 3.22. The molecule has 1 saturated carbocycles. The third-order valence-corrected chi connectivity index (χ3v) is 3.56. The lowest BCUT2D eigenvalue weighted by Crippen LogP contribution is -2.44. The third-order valence-electron chi connectivity index (χ3n) is 3.56. The summed E-state index contributed by atoms with van der Waals surface area (Å²) in [7, 11) is 3.62. The summed E-state index contributed by atoms with van der Waals surface area (Å²) in [5.41, 5.74) is 1.04. The minimum Gasteiger partial charge on any atom is -0.367 e. The molecule has 0 unspecified atom stereocenters. The standard InChI is InChI=1S/C14H22N4O/c1-9(2)12-7-13(16-8-15-12)17-11-5-10(6-11)14(19)18(3)4/h7-11H,5-6H2,1-4H3,(H,15,16,17). The van der Waals surface area contributed by atoms with E-state index in [9.17, 15) is 4.79 Å². The molecule has 1 aliphatic carbocycles. The molecule has 19 heavy (non-hydrogen) atoms. The van der Waals surface area contributed by atoms with E-state index in [0.717, 1.165) is 24.4 Å². The highest BCUT2D eigenvalue weighted by Crippen LogP contribution is 2.31. The normalized spacial score (nSPS) is 21.9. The maximum Gasteiger partial charge on any atom is 0.225 e. The molecule has 104 valence electrons. The van der Waals surface area contributed by atoms with Gasteiger partial charge in [-0.1, -0.05) is 13.8 Å². The van der Waals surface area contributed by atoms with Crippen molar-refractivity contribution < 1.29 is 4.79 Å². The van der Waals surface area contributed by atoms with Gasteiger partial charge in [-0.2, -0.15) is 0 Å². The maximum absolute atomic E-state index is 11.7. The summed E-state index contributed by atoms with van der Waals surface area (Å²) in [5, 5.41) is 3.38. The molecule has 1 N–H and O–H groups in total. The number of nitrogens with one attached hydrogen (secondary N) is 1. The van der Waals surface area contributed by atoms with Crippen LogP contribution in [0.4, 0.5) is 5.82 Å². The van der Waals surface area contributed by atoms with Crippen LogP contribution >= 0.6 is 0 Å². The highest BCUT2D eigenvalue weighted by Gasteiger charge is 2.35. The van der Waals surface area contributed by atoms with E-state index < -0.39 is 0 Å². The fourth-order valence-corrected chi connectivity index (χ4v) is 2.28. The second-order valence-corrected chi connectivity index (χ2v) is 5.73. The summed E-state index contributed by atoms with van der Waals surface area (Å²) < 4.78 is 0. The van der Waals surface area contributed by atoms with Crippen LogP contribution in [-0.4, -0.2) is 40.9 Å². The van der Waals surface area contributed by atoms with Crippen molar-refractivity contribution in [1.29, 1.82) is 0 Å². The number of nitrogens with zero attached hydrogens (tertiary/aromatic N) is 3. The molecule has 1 aromatic heterocycles. The van der Waals surface area contributed by atoms with Crippen molar-refractivity contribution >= 4 is 11.7 Å². The Morgan fingerprint density at radius 1 is 1.37 bits per heavy atom. The van der Waals surface area contributed by atoms with Gasteiger partial charge in [-0.15, -0.1) is 0 Å². The van der Waals surface area contributed by atoms with E-state index in [1.165, 1.54) is 0 Å². The van der Waals surface area contributed by atoms with E-state index in [0.29, 0.717) is 12.0 Å². The van der Waals surface area contributed by atoms with Crippen molar-refractivity contribution in [2.75, 3.05) is 19.4 Å². The van der Waals surface area contributed by atoms with E-state index in [1.54, 1.807) is 11.2 Å². The van der Waals surface area contributed by atoms with Gasteiger partial charge < -0.3 is 10.2 Å². The van der Waals surface area contributed by atoms with Gasteiger partial charge in [0.1, 0.15) is 12.1 Å². The van der Waals surface area contributed by atoms with Crippen LogP contribution in [0.5, 0.6) is 0 Å². The molecular formula is C14H22N4O. The van der Waals surface area contributed by atoms with Crippen molar-refractivity contribution in [2.45, 2.75) is 38.6 Å². The molecule has 0 aliphatic heterocycles. The van der Waals surface area contributed by atoms with Crippen molar-refractivity contribution in [2.24, 2.45) is 5.92 Å². The van der Waals surface area contributed by atoms with Gasteiger partial charge in [0.2, 0.25) is 5.91 Å². The molecule has 0 bridgehead atoms. The second-order valence-electron chi connectivity index (χ2n) is 5.73. The number of carbonyl (C=O) groups excluding carboxylic acids is 1. The van der Waals surface area contributed by atoms with E-state index >= 15 is 0 Å². The summed E-state index contributed by atoms with van der Waals surface area (Å²) in [5.74, 6) is 1.65. The number of hydrogen-bond acceptors (Lipinski definition) is 4. The fourth-order valence-electron chi connectivity index (χ4n) is 2.28. The maximum atomic E-state index is 11.7. The first-order chi connectivity index (χ1) is 8.97. The van der Waals surface area contributed by atoms with Gasteiger partial charge in [-0.25, -0.2) is 9.97 Å². The molecule has 5 nitrogen and oxygen atoms in total. The highest BCUT2D eigenvalue weighted by atomic mass is 16.2. The van der Waals surface area contributed by atoms with Crippen LogP contribution in [0.3, 0.4) is 0 Å². The fraction of sp³-hybridized carbons (Fsp3) is 0.643. The lowest BCUT2D eigenvalue weighted by Gasteiger charge is -2.36. The number of aromatic nitrogens is 2. The summed E-state index contributed by atoms with van der Waals surface area (Å²) in [4.78, 5) is 21.9. The van der Waals surface area contributed by atoms with Crippen LogP contribution in [0, 0.1) is 5.92 Å². The van der Waals surface area contributed by atoms with Gasteiger partial charge in [-0.05, 0) is 18.8 Å². The molecule has 0 radical (unpaired) electrons. The molecular weight excluding hydrogens is 240 g/mol. The van der Waals surface area contributed by atoms with Gasteiger partial charge in [0, 0.05) is 37.8 Å². The minimum atomic E-state index is 0.166. The number of carbonyl (C=O) groups is 1. The van der Waals surface area contributed by atoms with Gasteiger partial charge in [0.05, 0.1) is 0 Å². The molecule has 0 saturated heterocycles. The van der Waals surface area contributed by atoms with Crippen LogP contribution in [0.1, 0.15) is 38.3 Å². The van der Waals surface area contributed by atoms with Crippen molar-refractivity contribution in [3.63, 3.8) is 0 Å². The summed E-state index contributed by atoms with van der Waals surface area (Å²) in [6, 6.07) is 2.34. The van der Waals surface area contributed by atoms with Crippen molar-refractivity contribution in [3.8, 4) is 0 Å². The zero-order valence-electron chi connectivity index (χ0n) is 12.1. The lowest BCUT2D eigenvalue weighted by atomic mass is 9.79. The summed E-state index contributed by atoms with van der Waals surface area (Å²) in [6.45, 7) is 4.22. The van der Waals surface area contributed by atoms with E-state index in [1.807, 2.05) is 20.2 Å². The molecule has 2 rings (SSSR count). The Labute approximate surface area is 114 Å². The smallest absolute Gasteiger partial charge is 0.225 e. The van der Waals surface area contributed by atoms with E-state index in [-0.39, 0.29) is 11.8 Å². The Hall–Kier alpha value is -1.65. The SMILES string of the molecule is CC(C)c1cc(NC2CC(C(=O)N(C)C)C2)ncn1. The second kappa shape index (κ2) is 5.55. The predicted octanol–water partition coefficient (Wildman–Crippen LogP) is 1.88. The Morgan fingerprint density at radius 3 is 2.63 bits per heavy atom. The molecule has 0 atom stereocenters. The molecule has 1 aliphatic rings. The molecule has 1 amide bonds. The number of hydrogen-bond donors (Lipinski definition) is 1. The van der Waals surface area contributed by atoms with Gasteiger partial charge in [-0.3, -0.25) is 4.79 Å². The van der Waals surface area contributed by atoms with E-state index in [2.05, 4.69) is 29.1 Å². The quantitative estimate of drug-likeness (QED) is 0.900. The van der Waals surface area contributed by atoms with Crippen molar-refractivity contribution in [1.82, 2.24) is 14.9 Å². The zero-order chi connectivity index (χ0) is 14.0. The van der Waals surface area contributed by atoms with Gasteiger partial charge in [0.25, 0.3) is 0 Å². The average molecular weight is 262 g/mol. The van der Waals surface area contributed by atoms with Crippen LogP contribution in [0.15, 0.2) is 12.4 Å². The van der Waals surface area contributed by atoms with Gasteiger partial charge >= 0.3 is 0 Å². The molecule has 0 aromatic carbocycles. The molecule has 1 heterocycles. The van der Waals surface area contributed by atoms with Crippen LogP contribution in [-0.2, 0) is 4.79 Å². The van der Waals surface area contributed by atoms with Crippen LogP contribution < -0.4 is 5.32 Å². The zero-order valence-corrected chi connectivity index (χ0v) is 12.1. The summed E-state index contributed by atoms with van der Waals surface area (Å²) >= 11 is 0. The molecule has 1 aromatic rings. The molecule has 1 fully saturated rings. The number of rotatable bonds is 4. The van der Waals surface area contributed by atoms with Crippen LogP contribution in [0.2, 0.25) is 0 Å². The van der Waals surface area contributed by atoms with E-state index in [4.69, 9.17) is 0 Å². The largest absolute Gasteiger partial charge is 0.367 e. The van der Waals surface area contributed by atoms with Crippen LogP contribution in [0.25, 0.3) is 0 Å². The Morgan fingerprint density at radius 2 is 2.05 bits per heavy atom. The Kier molecular flexibility index (Phi) is 4.02. The average Bonchev–Trinajstić information content (AvgIpc) is 2.32. The number of anilines is 1. The highest BCUT2D eigenvalue weighted by molar-refractivity contribution is 5.79. The van der Waals surface area contributed by atoms with Crippen molar-refractivity contribution in [3.05, 3.63) is 18.1 Å². The lowest BCUT2D eigenvalue weighted by molar-refractivity contribution is -0.135. The van der Waals surface area contributed by atoms with Gasteiger partial charge in [0.15, 0.2) is 0 Å². The predicted molar refractivity (Wildman–Crippen MR) is 74.9 cm³/mol. The Bertz CT molecular complexity index is 453. The Balaban J connectivity index is 1.88. The first kappa shape index (κ1) is 13.8. The number of amides is 1. The monoisotopic (exact) mass is 262 g/mol. The first-order valence-corrected chi connectivity index (χ1v) is 6.77. The topological polar surface area (TPSA) is 58.1 Å². The molecule has 0 spiro atoms. The first-order valence-electron chi connectivity index (χ1n) is 6.77.